The van der Waals surface area contributed by atoms with Crippen molar-refractivity contribution in [3.05, 3.63) is 70.7 Å². The lowest BCUT2D eigenvalue weighted by atomic mass is 10.0. The number of aldehydes is 1. The zero-order valence-electron chi connectivity index (χ0n) is 15.1. The summed E-state index contributed by atoms with van der Waals surface area (Å²) in [5, 5.41) is 0.336. The van der Waals surface area contributed by atoms with Crippen LogP contribution in [0.15, 0.2) is 42.5 Å². The number of carbonyl (C=O) groups excluding carboxylic acids is 3. The number of carbonyl (C=O) groups is 3. The number of amides is 2. The van der Waals surface area contributed by atoms with E-state index in [1.807, 2.05) is 0 Å². The standard InChI is InChI=1S/C21H15FN2O4/c1-11(24-20(26)13-5-3-4-6-14(13)21(24)27)18-16(10-25)19(28-2)15-9-12(22)7-8-17(15)23-18/h3-11H,1-2H3/t11-/m0/s1. The maximum Gasteiger partial charge on any atom is 0.262 e. The second kappa shape index (κ2) is 6.53. The Bertz CT molecular complexity index is 1120. The number of hydrogen-bond donors (Lipinski definition) is 0. The van der Waals surface area contributed by atoms with Crippen molar-refractivity contribution in [3.8, 4) is 5.75 Å². The van der Waals surface area contributed by atoms with Gasteiger partial charge in [0.2, 0.25) is 0 Å². The number of nitrogens with zero attached hydrogens (tertiary/aromatic N) is 2. The molecule has 1 aromatic heterocycles. The van der Waals surface area contributed by atoms with Crippen LogP contribution in [0, 0.1) is 5.82 Å². The van der Waals surface area contributed by atoms with Gasteiger partial charge in [0.15, 0.2) is 6.29 Å². The Hall–Kier alpha value is -3.61. The summed E-state index contributed by atoms with van der Waals surface area (Å²) < 4.78 is 19.0. The van der Waals surface area contributed by atoms with Crippen LogP contribution in [0.2, 0.25) is 0 Å². The predicted molar refractivity (Wildman–Crippen MR) is 99.0 cm³/mol. The molecule has 1 aliphatic rings. The Balaban J connectivity index is 1.90. The Kier molecular flexibility index (Phi) is 4.15. The summed E-state index contributed by atoms with van der Waals surface area (Å²) in [4.78, 5) is 42.9. The number of pyridine rings is 1. The summed E-state index contributed by atoms with van der Waals surface area (Å²) in [6, 6.07) is 9.63. The first-order valence-electron chi connectivity index (χ1n) is 8.57. The zero-order valence-corrected chi connectivity index (χ0v) is 15.1. The van der Waals surface area contributed by atoms with Crippen LogP contribution in [0.1, 0.15) is 49.7 Å². The van der Waals surface area contributed by atoms with Gasteiger partial charge in [0.1, 0.15) is 11.6 Å². The van der Waals surface area contributed by atoms with Crippen molar-refractivity contribution >= 4 is 29.0 Å². The van der Waals surface area contributed by atoms with Crippen LogP contribution in [0.5, 0.6) is 5.75 Å². The topological polar surface area (TPSA) is 76.6 Å². The summed E-state index contributed by atoms with van der Waals surface area (Å²) in [5.41, 5.74) is 1.29. The van der Waals surface area contributed by atoms with Crippen molar-refractivity contribution in [1.29, 1.82) is 0 Å². The van der Waals surface area contributed by atoms with Crippen LogP contribution in [0.3, 0.4) is 0 Å². The lowest BCUT2D eigenvalue weighted by Gasteiger charge is -2.24. The quantitative estimate of drug-likeness (QED) is 0.513. The number of benzene rings is 2. The Morgan fingerprint density at radius 3 is 2.32 bits per heavy atom. The fourth-order valence-electron chi connectivity index (χ4n) is 3.57. The number of imide groups is 1. The van der Waals surface area contributed by atoms with Gasteiger partial charge in [0, 0.05) is 5.39 Å². The molecule has 3 aromatic rings. The van der Waals surface area contributed by atoms with Gasteiger partial charge in [0.05, 0.1) is 41.1 Å². The van der Waals surface area contributed by atoms with Crippen molar-refractivity contribution in [2.45, 2.75) is 13.0 Å². The molecule has 0 aliphatic carbocycles. The first kappa shape index (κ1) is 17.8. The Morgan fingerprint density at radius 2 is 1.75 bits per heavy atom. The van der Waals surface area contributed by atoms with E-state index in [0.717, 1.165) is 4.90 Å². The highest BCUT2D eigenvalue weighted by atomic mass is 19.1. The fourth-order valence-corrected chi connectivity index (χ4v) is 3.57. The molecule has 0 saturated heterocycles. The highest BCUT2D eigenvalue weighted by molar-refractivity contribution is 6.21. The SMILES string of the molecule is COc1c(C=O)c([C@H](C)N2C(=O)c3ccccc3C2=O)nc2ccc(F)cc12. The van der Waals surface area contributed by atoms with E-state index in [2.05, 4.69) is 4.98 Å². The van der Waals surface area contributed by atoms with Gasteiger partial charge in [-0.05, 0) is 37.3 Å². The molecule has 1 aliphatic heterocycles. The number of ether oxygens (including phenoxy) is 1. The minimum Gasteiger partial charge on any atom is -0.495 e. The van der Waals surface area contributed by atoms with Crippen molar-refractivity contribution in [1.82, 2.24) is 9.88 Å². The maximum atomic E-state index is 13.7. The third-order valence-electron chi connectivity index (χ3n) is 4.90. The largest absolute Gasteiger partial charge is 0.495 e. The van der Waals surface area contributed by atoms with Crippen LogP contribution < -0.4 is 4.74 Å². The molecule has 140 valence electrons. The van der Waals surface area contributed by atoms with Crippen LogP contribution in [-0.4, -0.2) is 35.1 Å². The van der Waals surface area contributed by atoms with Crippen LogP contribution in [0.25, 0.3) is 10.9 Å². The molecular weight excluding hydrogens is 363 g/mol. The fraction of sp³-hybridized carbons (Fsp3) is 0.143. The number of fused-ring (bicyclic) bond motifs is 2. The lowest BCUT2D eigenvalue weighted by molar-refractivity contribution is 0.0590. The Labute approximate surface area is 159 Å². The van der Waals surface area contributed by atoms with E-state index in [9.17, 15) is 18.8 Å². The summed E-state index contributed by atoms with van der Waals surface area (Å²) in [5.74, 6) is -1.25. The summed E-state index contributed by atoms with van der Waals surface area (Å²) in [6.07, 6.45) is 0.542. The van der Waals surface area contributed by atoms with Gasteiger partial charge in [-0.3, -0.25) is 19.3 Å². The second-order valence-corrected chi connectivity index (χ2v) is 6.43. The Morgan fingerprint density at radius 1 is 1.11 bits per heavy atom. The summed E-state index contributed by atoms with van der Waals surface area (Å²) in [6.45, 7) is 1.62. The molecule has 6 nitrogen and oxygen atoms in total. The number of hydrogen-bond acceptors (Lipinski definition) is 5. The van der Waals surface area contributed by atoms with E-state index in [4.69, 9.17) is 4.74 Å². The first-order chi connectivity index (χ1) is 13.5. The molecule has 2 aromatic carbocycles. The highest BCUT2D eigenvalue weighted by Gasteiger charge is 2.40. The van der Waals surface area contributed by atoms with Gasteiger partial charge in [0.25, 0.3) is 11.8 Å². The van der Waals surface area contributed by atoms with Gasteiger partial charge in [-0.25, -0.2) is 9.37 Å². The van der Waals surface area contributed by atoms with Crippen LogP contribution in [0.4, 0.5) is 4.39 Å². The monoisotopic (exact) mass is 378 g/mol. The normalized spacial score (nSPS) is 14.3. The number of halogens is 1. The highest BCUT2D eigenvalue weighted by Crippen LogP contribution is 2.37. The number of methoxy groups -OCH3 is 1. The molecule has 28 heavy (non-hydrogen) atoms. The molecule has 2 amide bonds. The molecule has 0 N–H and O–H groups in total. The van der Waals surface area contributed by atoms with Crippen molar-refractivity contribution in [3.63, 3.8) is 0 Å². The molecule has 4 rings (SSSR count). The molecule has 0 fully saturated rings. The van der Waals surface area contributed by atoms with Crippen LogP contribution in [-0.2, 0) is 0 Å². The van der Waals surface area contributed by atoms with Gasteiger partial charge in [-0.15, -0.1) is 0 Å². The predicted octanol–water partition coefficient (Wildman–Crippen LogP) is 3.55. The molecule has 0 saturated carbocycles. The van der Waals surface area contributed by atoms with Crippen LogP contribution >= 0.6 is 0 Å². The van der Waals surface area contributed by atoms with Gasteiger partial charge in [-0.2, -0.15) is 0 Å². The third kappa shape index (κ3) is 2.47. The molecule has 0 unspecified atom stereocenters. The molecule has 0 radical (unpaired) electrons. The van der Waals surface area contributed by atoms with E-state index in [1.54, 1.807) is 31.2 Å². The van der Waals surface area contributed by atoms with Gasteiger partial charge >= 0.3 is 0 Å². The summed E-state index contributed by atoms with van der Waals surface area (Å²) >= 11 is 0. The maximum absolute atomic E-state index is 13.7. The first-order valence-corrected chi connectivity index (χ1v) is 8.57. The van der Waals surface area contributed by atoms with E-state index in [0.29, 0.717) is 28.3 Å². The van der Waals surface area contributed by atoms with E-state index in [1.165, 1.54) is 25.3 Å². The van der Waals surface area contributed by atoms with Crippen molar-refractivity contribution in [2.75, 3.05) is 7.11 Å². The third-order valence-corrected chi connectivity index (χ3v) is 4.90. The number of rotatable bonds is 4. The molecule has 7 heteroatoms. The van der Waals surface area contributed by atoms with Crippen molar-refractivity contribution < 1.29 is 23.5 Å². The average Bonchev–Trinajstić information content (AvgIpc) is 2.96. The van der Waals surface area contributed by atoms with Gasteiger partial charge < -0.3 is 4.74 Å². The lowest BCUT2D eigenvalue weighted by Crippen LogP contribution is -2.33. The van der Waals surface area contributed by atoms with E-state index in [-0.39, 0.29) is 17.0 Å². The number of aromatic nitrogens is 1. The molecule has 0 bridgehead atoms. The minimum absolute atomic E-state index is 0.0738. The van der Waals surface area contributed by atoms with Crippen molar-refractivity contribution in [2.24, 2.45) is 0 Å². The second-order valence-electron chi connectivity index (χ2n) is 6.43. The van der Waals surface area contributed by atoms with E-state index < -0.39 is 23.7 Å². The van der Waals surface area contributed by atoms with Gasteiger partial charge in [-0.1, -0.05) is 12.1 Å². The smallest absolute Gasteiger partial charge is 0.262 e. The molecular formula is C21H15FN2O4. The zero-order chi connectivity index (χ0) is 20.0. The minimum atomic E-state index is -0.823. The molecule has 0 spiro atoms. The average molecular weight is 378 g/mol. The molecule has 2 heterocycles. The summed E-state index contributed by atoms with van der Waals surface area (Å²) in [7, 11) is 1.36. The molecule has 1 atom stereocenters. The van der Waals surface area contributed by atoms with E-state index >= 15 is 0 Å².